The summed E-state index contributed by atoms with van der Waals surface area (Å²) in [4.78, 5) is 4.45. The van der Waals surface area contributed by atoms with E-state index in [0.717, 1.165) is 0 Å². The Labute approximate surface area is 150 Å². The highest BCUT2D eigenvalue weighted by molar-refractivity contribution is 9.10. The van der Waals surface area contributed by atoms with Gasteiger partial charge in [0.1, 0.15) is 9.50 Å². The van der Waals surface area contributed by atoms with Crippen molar-refractivity contribution in [3.05, 3.63) is 57.8 Å². The van der Waals surface area contributed by atoms with Crippen LogP contribution in [0.3, 0.4) is 0 Å². The van der Waals surface area contributed by atoms with Crippen molar-refractivity contribution in [1.29, 1.82) is 0 Å². The normalized spacial score (nSPS) is 12.1. The van der Waals surface area contributed by atoms with Crippen molar-refractivity contribution < 1.29 is 8.42 Å². The molecule has 0 aliphatic carbocycles. The molecule has 4 nitrogen and oxygen atoms in total. The van der Waals surface area contributed by atoms with Gasteiger partial charge in [-0.2, -0.15) is 4.31 Å². The first-order valence-corrected chi connectivity index (χ1v) is 9.78. The maximum Gasteiger partial charge on any atom is 0.244 e. The Bertz CT molecular complexity index is 781. The first kappa shape index (κ1) is 18.4. The van der Waals surface area contributed by atoms with Gasteiger partial charge in [-0.3, -0.25) is 0 Å². The molecule has 0 spiro atoms. The molecule has 0 bridgehead atoms. The van der Waals surface area contributed by atoms with Crippen LogP contribution in [0.4, 0.5) is 0 Å². The van der Waals surface area contributed by atoms with Crippen molar-refractivity contribution in [2.75, 3.05) is 6.54 Å². The van der Waals surface area contributed by atoms with Gasteiger partial charge in [-0.25, -0.2) is 13.4 Å². The van der Waals surface area contributed by atoms with Crippen molar-refractivity contribution in [3.8, 4) is 0 Å². The Morgan fingerprint density at radius 1 is 1.17 bits per heavy atom. The summed E-state index contributed by atoms with van der Waals surface area (Å²) in [6, 6.07) is 11.9. The van der Waals surface area contributed by atoms with E-state index in [9.17, 15) is 8.42 Å². The summed E-state index contributed by atoms with van der Waals surface area (Å²) in [7, 11) is -3.69. The van der Waals surface area contributed by atoms with E-state index >= 15 is 0 Å². The molecule has 2 aromatic rings. The number of aromatic nitrogens is 1. The Morgan fingerprint density at radius 3 is 2.48 bits per heavy atom. The molecule has 1 aromatic heterocycles. The molecule has 0 aliphatic rings. The number of sulfonamides is 1. The summed E-state index contributed by atoms with van der Waals surface area (Å²) in [6.45, 7) is 4.54. The lowest BCUT2D eigenvalue weighted by Crippen LogP contribution is -2.34. The number of benzene rings is 1. The summed E-state index contributed by atoms with van der Waals surface area (Å²) in [5.74, 6) is 0.180. The minimum Gasteiger partial charge on any atom is -0.245 e. The highest BCUT2D eigenvalue weighted by Gasteiger charge is 2.27. The van der Waals surface area contributed by atoms with Crippen LogP contribution in [-0.2, 0) is 16.6 Å². The van der Waals surface area contributed by atoms with Gasteiger partial charge in [-0.05, 0) is 46.1 Å². The summed E-state index contributed by atoms with van der Waals surface area (Å²) in [6.07, 6.45) is 0. The molecular formula is C16H18BrClN2O2S. The average molecular weight is 418 g/mol. The van der Waals surface area contributed by atoms with E-state index in [0.29, 0.717) is 16.8 Å². The zero-order chi connectivity index (χ0) is 17.0. The van der Waals surface area contributed by atoms with Crippen LogP contribution in [0.5, 0.6) is 0 Å². The lowest BCUT2D eigenvalue weighted by atomic mass is 10.2. The second-order valence-corrected chi connectivity index (χ2v) is 8.70. The van der Waals surface area contributed by atoms with E-state index in [1.54, 1.807) is 30.3 Å². The molecule has 2 rings (SSSR count). The predicted octanol–water partition coefficient (Wildman–Crippen LogP) is 4.34. The maximum absolute atomic E-state index is 13.0. The number of rotatable bonds is 6. The summed E-state index contributed by atoms with van der Waals surface area (Å²) in [5.41, 5.74) is 0.677. The zero-order valence-electron chi connectivity index (χ0n) is 12.9. The van der Waals surface area contributed by atoms with Gasteiger partial charge >= 0.3 is 0 Å². The highest BCUT2D eigenvalue weighted by atomic mass is 79.9. The summed E-state index contributed by atoms with van der Waals surface area (Å²) in [5, 5.41) is 0.225. The quantitative estimate of drug-likeness (QED) is 0.657. The van der Waals surface area contributed by atoms with Gasteiger partial charge in [0.2, 0.25) is 10.0 Å². The van der Waals surface area contributed by atoms with E-state index in [4.69, 9.17) is 11.6 Å². The number of hydrogen-bond acceptors (Lipinski definition) is 3. The fourth-order valence-electron chi connectivity index (χ4n) is 2.17. The Kier molecular flexibility index (Phi) is 6.19. The maximum atomic E-state index is 13.0. The SMILES string of the molecule is CC(C)CN(Cc1cccc(Br)n1)S(=O)(=O)c1ccccc1Cl. The Hall–Kier alpha value is -0.950. The van der Waals surface area contributed by atoms with Gasteiger partial charge < -0.3 is 0 Å². The predicted molar refractivity (Wildman–Crippen MR) is 95.8 cm³/mol. The topological polar surface area (TPSA) is 50.3 Å². The molecule has 0 aliphatic heterocycles. The minimum absolute atomic E-state index is 0.123. The van der Waals surface area contributed by atoms with E-state index < -0.39 is 10.0 Å². The molecule has 0 saturated heterocycles. The third-order valence-electron chi connectivity index (χ3n) is 3.13. The second kappa shape index (κ2) is 7.75. The lowest BCUT2D eigenvalue weighted by molar-refractivity contribution is 0.358. The minimum atomic E-state index is -3.69. The van der Waals surface area contributed by atoms with E-state index in [2.05, 4.69) is 20.9 Å². The van der Waals surface area contributed by atoms with Gasteiger partial charge in [-0.15, -0.1) is 0 Å². The van der Waals surface area contributed by atoms with Crippen LogP contribution in [0.15, 0.2) is 52.0 Å². The van der Waals surface area contributed by atoms with Crippen molar-refractivity contribution in [2.45, 2.75) is 25.3 Å². The molecule has 1 aromatic carbocycles. The molecule has 124 valence electrons. The van der Waals surface area contributed by atoms with E-state index in [-0.39, 0.29) is 22.4 Å². The molecule has 0 fully saturated rings. The summed E-state index contributed by atoms with van der Waals surface area (Å²) >= 11 is 9.40. The number of halogens is 2. The standard InChI is InChI=1S/C16H18BrClN2O2S/c1-12(2)10-20(11-13-6-5-9-16(17)19-13)23(21,22)15-8-4-3-7-14(15)18/h3-9,12H,10-11H2,1-2H3. The van der Waals surface area contributed by atoms with Crippen LogP contribution in [0, 0.1) is 5.92 Å². The van der Waals surface area contributed by atoms with E-state index in [1.165, 1.54) is 10.4 Å². The third kappa shape index (κ3) is 4.76. The van der Waals surface area contributed by atoms with Crippen molar-refractivity contribution in [3.63, 3.8) is 0 Å². The number of pyridine rings is 1. The Balaban J connectivity index is 2.40. The fourth-order valence-corrected chi connectivity index (χ4v) is 4.62. The van der Waals surface area contributed by atoms with Crippen LogP contribution in [-0.4, -0.2) is 24.3 Å². The third-order valence-corrected chi connectivity index (χ3v) is 5.89. The molecule has 0 amide bonds. The Morgan fingerprint density at radius 2 is 1.87 bits per heavy atom. The van der Waals surface area contributed by atoms with Crippen LogP contribution in [0.1, 0.15) is 19.5 Å². The van der Waals surface area contributed by atoms with Crippen LogP contribution in [0.2, 0.25) is 5.02 Å². The molecule has 0 unspecified atom stereocenters. The summed E-state index contributed by atoms with van der Waals surface area (Å²) < 4.78 is 28.1. The molecule has 7 heteroatoms. The van der Waals surface area contributed by atoms with Crippen molar-refractivity contribution >= 4 is 37.6 Å². The molecular weight excluding hydrogens is 400 g/mol. The van der Waals surface area contributed by atoms with Crippen LogP contribution >= 0.6 is 27.5 Å². The number of hydrogen-bond donors (Lipinski definition) is 0. The number of nitrogens with zero attached hydrogens (tertiary/aromatic N) is 2. The molecule has 0 atom stereocenters. The van der Waals surface area contributed by atoms with Gasteiger partial charge in [0.05, 0.1) is 17.3 Å². The van der Waals surface area contributed by atoms with Gasteiger partial charge in [0, 0.05) is 6.54 Å². The first-order chi connectivity index (χ1) is 10.8. The molecule has 1 heterocycles. The molecule has 0 radical (unpaired) electrons. The smallest absolute Gasteiger partial charge is 0.244 e. The monoisotopic (exact) mass is 416 g/mol. The molecule has 0 N–H and O–H groups in total. The van der Waals surface area contributed by atoms with Crippen LogP contribution in [0.25, 0.3) is 0 Å². The van der Waals surface area contributed by atoms with Gasteiger partial charge in [0.15, 0.2) is 0 Å². The average Bonchev–Trinajstić information content (AvgIpc) is 2.46. The largest absolute Gasteiger partial charge is 0.245 e. The zero-order valence-corrected chi connectivity index (χ0v) is 16.1. The van der Waals surface area contributed by atoms with Gasteiger partial charge in [-0.1, -0.05) is 43.6 Å². The first-order valence-electron chi connectivity index (χ1n) is 7.17. The second-order valence-electron chi connectivity index (χ2n) is 5.57. The molecule has 23 heavy (non-hydrogen) atoms. The highest BCUT2D eigenvalue weighted by Crippen LogP contribution is 2.26. The lowest BCUT2D eigenvalue weighted by Gasteiger charge is -2.24. The van der Waals surface area contributed by atoms with Gasteiger partial charge in [0.25, 0.3) is 0 Å². The molecule has 0 saturated carbocycles. The van der Waals surface area contributed by atoms with E-state index in [1.807, 2.05) is 19.9 Å². The van der Waals surface area contributed by atoms with Crippen LogP contribution < -0.4 is 0 Å². The fraction of sp³-hybridized carbons (Fsp3) is 0.312. The van der Waals surface area contributed by atoms with Crippen molar-refractivity contribution in [2.24, 2.45) is 5.92 Å². The van der Waals surface area contributed by atoms with Crippen molar-refractivity contribution in [1.82, 2.24) is 9.29 Å².